The van der Waals surface area contributed by atoms with Crippen molar-refractivity contribution < 1.29 is 4.74 Å². The maximum Gasteiger partial charge on any atom is 0.145 e. The third kappa shape index (κ3) is 1.60. The van der Waals surface area contributed by atoms with Crippen molar-refractivity contribution in [1.29, 1.82) is 0 Å². The molecule has 72 valence electrons. The van der Waals surface area contributed by atoms with E-state index in [0.717, 1.165) is 21.1 Å². The van der Waals surface area contributed by atoms with Crippen LogP contribution in [-0.4, -0.2) is 11.6 Å². The van der Waals surface area contributed by atoms with E-state index >= 15 is 0 Å². The Morgan fingerprint density at radius 3 is 3.00 bits per heavy atom. The molecule has 2 nitrogen and oxygen atoms in total. The van der Waals surface area contributed by atoms with Crippen LogP contribution in [0.5, 0.6) is 5.75 Å². The summed E-state index contributed by atoms with van der Waals surface area (Å²) in [6.07, 6.45) is 1.77. The van der Waals surface area contributed by atoms with Gasteiger partial charge in [0.05, 0.1) is 6.61 Å². The maximum atomic E-state index is 5.49. The van der Waals surface area contributed by atoms with Crippen molar-refractivity contribution in [2.24, 2.45) is 0 Å². The van der Waals surface area contributed by atoms with Gasteiger partial charge in [-0.15, -0.1) is 0 Å². The highest BCUT2D eigenvalue weighted by Crippen LogP contribution is 2.28. The number of nitrogens with zero attached hydrogens (tertiary/aromatic N) is 1. The van der Waals surface area contributed by atoms with Gasteiger partial charge in [-0.3, -0.25) is 4.98 Å². The van der Waals surface area contributed by atoms with E-state index in [1.54, 1.807) is 6.20 Å². The molecule has 2 aromatic rings. The molecule has 0 aliphatic carbocycles. The molecule has 0 saturated heterocycles. The predicted molar refractivity (Wildman–Crippen MR) is 60.6 cm³/mol. The zero-order valence-corrected chi connectivity index (χ0v) is 9.41. The van der Waals surface area contributed by atoms with E-state index in [9.17, 15) is 0 Å². The van der Waals surface area contributed by atoms with Gasteiger partial charge in [0.15, 0.2) is 0 Å². The highest BCUT2D eigenvalue weighted by atomic mass is 79.9. The summed E-state index contributed by atoms with van der Waals surface area (Å²) < 4.78 is 6.54. The summed E-state index contributed by atoms with van der Waals surface area (Å²) in [5, 5.41) is 1.08. The SMILES string of the molecule is CCOc1cccc2c(Br)ccnc12. The first-order valence-corrected chi connectivity index (χ1v) is 5.28. The zero-order valence-electron chi connectivity index (χ0n) is 7.83. The van der Waals surface area contributed by atoms with Gasteiger partial charge >= 0.3 is 0 Å². The molecule has 0 radical (unpaired) electrons. The number of halogens is 1. The molecule has 0 fully saturated rings. The second-order valence-electron chi connectivity index (χ2n) is 2.88. The van der Waals surface area contributed by atoms with Gasteiger partial charge in [0.1, 0.15) is 11.3 Å². The Hall–Kier alpha value is -1.09. The molecule has 1 heterocycles. The number of aromatic nitrogens is 1. The molecule has 0 saturated carbocycles. The Morgan fingerprint density at radius 1 is 1.36 bits per heavy atom. The normalized spacial score (nSPS) is 10.4. The third-order valence-corrected chi connectivity index (χ3v) is 2.67. The van der Waals surface area contributed by atoms with Crippen LogP contribution in [0.3, 0.4) is 0 Å². The van der Waals surface area contributed by atoms with E-state index < -0.39 is 0 Å². The summed E-state index contributed by atoms with van der Waals surface area (Å²) in [7, 11) is 0. The minimum atomic E-state index is 0.660. The van der Waals surface area contributed by atoms with Crippen molar-refractivity contribution in [3.8, 4) is 5.75 Å². The molecule has 14 heavy (non-hydrogen) atoms. The van der Waals surface area contributed by atoms with Crippen LogP contribution in [0.4, 0.5) is 0 Å². The number of rotatable bonds is 2. The first-order valence-electron chi connectivity index (χ1n) is 4.49. The number of ether oxygens (including phenoxy) is 1. The van der Waals surface area contributed by atoms with Gasteiger partial charge in [0, 0.05) is 16.1 Å². The van der Waals surface area contributed by atoms with E-state index in [4.69, 9.17) is 4.74 Å². The highest BCUT2D eigenvalue weighted by Gasteiger charge is 2.04. The summed E-state index contributed by atoms with van der Waals surface area (Å²) in [6.45, 7) is 2.63. The fraction of sp³-hybridized carbons (Fsp3) is 0.182. The molecular formula is C11H10BrNO. The number of para-hydroxylation sites is 1. The third-order valence-electron chi connectivity index (χ3n) is 1.98. The van der Waals surface area contributed by atoms with Crippen LogP contribution in [0.1, 0.15) is 6.92 Å². The lowest BCUT2D eigenvalue weighted by Gasteiger charge is -2.06. The fourth-order valence-electron chi connectivity index (χ4n) is 1.39. The van der Waals surface area contributed by atoms with Gasteiger partial charge in [-0.05, 0) is 19.1 Å². The lowest BCUT2D eigenvalue weighted by Crippen LogP contribution is -1.93. The van der Waals surface area contributed by atoms with Gasteiger partial charge < -0.3 is 4.74 Å². The maximum absolute atomic E-state index is 5.49. The predicted octanol–water partition coefficient (Wildman–Crippen LogP) is 3.40. The highest BCUT2D eigenvalue weighted by molar-refractivity contribution is 9.10. The minimum Gasteiger partial charge on any atom is -0.492 e. The molecule has 0 aliphatic rings. The number of benzene rings is 1. The Balaban J connectivity index is 2.68. The lowest BCUT2D eigenvalue weighted by atomic mass is 10.2. The summed E-state index contributed by atoms with van der Waals surface area (Å²) in [5.74, 6) is 0.839. The van der Waals surface area contributed by atoms with Crippen molar-refractivity contribution in [3.05, 3.63) is 34.9 Å². The van der Waals surface area contributed by atoms with Gasteiger partial charge in [-0.25, -0.2) is 0 Å². The van der Waals surface area contributed by atoms with E-state index in [2.05, 4.69) is 20.9 Å². The van der Waals surface area contributed by atoms with Crippen molar-refractivity contribution in [3.63, 3.8) is 0 Å². The minimum absolute atomic E-state index is 0.660. The summed E-state index contributed by atoms with van der Waals surface area (Å²) in [6, 6.07) is 7.86. The molecular weight excluding hydrogens is 242 g/mol. The number of pyridine rings is 1. The fourth-order valence-corrected chi connectivity index (χ4v) is 1.83. The van der Waals surface area contributed by atoms with Crippen molar-refractivity contribution in [1.82, 2.24) is 4.98 Å². The molecule has 0 N–H and O–H groups in total. The molecule has 0 aliphatic heterocycles. The van der Waals surface area contributed by atoms with E-state index in [-0.39, 0.29) is 0 Å². The molecule has 1 aromatic carbocycles. The molecule has 1 aromatic heterocycles. The largest absolute Gasteiger partial charge is 0.492 e. The summed E-state index contributed by atoms with van der Waals surface area (Å²) in [4.78, 5) is 4.31. The molecule has 0 unspecified atom stereocenters. The van der Waals surface area contributed by atoms with Crippen LogP contribution < -0.4 is 4.74 Å². The van der Waals surface area contributed by atoms with Gasteiger partial charge in [0.2, 0.25) is 0 Å². The lowest BCUT2D eigenvalue weighted by molar-refractivity contribution is 0.343. The quantitative estimate of drug-likeness (QED) is 0.817. The first kappa shape index (κ1) is 9.46. The molecule has 3 heteroatoms. The Kier molecular flexibility index (Phi) is 2.68. The number of hydrogen-bond acceptors (Lipinski definition) is 2. The second-order valence-corrected chi connectivity index (χ2v) is 3.73. The Morgan fingerprint density at radius 2 is 2.21 bits per heavy atom. The van der Waals surface area contributed by atoms with Crippen LogP contribution >= 0.6 is 15.9 Å². The average Bonchev–Trinajstić information content (AvgIpc) is 2.20. The van der Waals surface area contributed by atoms with Crippen LogP contribution in [0, 0.1) is 0 Å². The average molecular weight is 252 g/mol. The summed E-state index contributed by atoms with van der Waals surface area (Å²) in [5.41, 5.74) is 0.906. The second kappa shape index (κ2) is 3.96. The standard InChI is InChI=1S/C11H10BrNO/c1-2-14-10-5-3-4-8-9(12)6-7-13-11(8)10/h3-7H,2H2,1H3. The topological polar surface area (TPSA) is 22.1 Å². The van der Waals surface area contributed by atoms with Crippen LogP contribution in [0.25, 0.3) is 10.9 Å². The van der Waals surface area contributed by atoms with Crippen molar-refractivity contribution >= 4 is 26.8 Å². The summed E-state index contributed by atoms with van der Waals surface area (Å²) >= 11 is 3.49. The number of hydrogen-bond donors (Lipinski definition) is 0. The zero-order chi connectivity index (χ0) is 9.97. The van der Waals surface area contributed by atoms with Gasteiger partial charge in [-0.1, -0.05) is 28.1 Å². The van der Waals surface area contributed by atoms with Crippen molar-refractivity contribution in [2.45, 2.75) is 6.92 Å². The van der Waals surface area contributed by atoms with Gasteiger partial charge in [-0.2, -0.15) is 0 Å². The Bertz CT molecular complexity index is 456. The molecule has 0 atom stereocenters. The van der Waals surface area contributed by atoms with Crippen LogP contribution in [-0.2, 0) is 0 Å². The smallest absolute Gasteiger partial charge is 0.145 e. The van der Waals surface area contributed by atoms with E-state index in [0.29, 0.717) is 6.61 Å². The number of fused-ring (bicyclic) bond motifs is 1. The van der Waals surface area contributed by atoms with Crippen LogP contribution in [0.15, 0.2) is 34.9 Å². The molecule has 2 rings (SSSR count). The molecule has 0 bridgehead atoms. The van der Waals surface area contributed by atoms with Gasteiger partial charge in [0.25, 0.3) is 0 Å². The van der Waals surface area contributed by atoms with Crippen LogP contribution in [0.2, 0.25) is 0 Å². The van der Waals surface area contributed by atoms with Crippen molar-refractivity contribution in [2.75, 3.05) is 6.61 Å². The molecule has 0 amide bonds. The monoisotopic (exact) mass is 251 g/mol. The first-order chi connectivity index (χ1) is 6.83. The molecule has 0 spiro atoms. The van der Waals surface area contributed by atoms with E-state index in [1.165, 1.54) is 0 Å². The Labute approximate surface area is 91.0 Å². The van der Waals surface area contributed by atoms with E-state index in [1.807, 2.05) is 31.2 Å².